The van der Waals surface area contributed by atoms with Crippen LogP contribution in [0.3, 0.4) is 0 Å². The quantitative estimate of drug-likeness (QED) is 0.824. The van der Waals surface area contributed by atoms with Crippen LogP contribution in [0.15, 0.2) is 24.4 Å². The van der Waals surface area contributed by atoms with Gasteiger partial charge in [-0.2, -0.15) is 0 Å². The fourth-order valence-electron chi connectivity index (χ4n) is 2.86. The number of aryl methyl sites for hydroxylation is 1. The predicted octanol–water partition coefficient (Wildman–Crippen LogP) is 2.63. The number of fused-ring (bicyclic) bond motifs is 1. The Hall–Kier alpha value is -1.81. The molecule has 0 spiro atoms. The van der Waals surface area contributed by atoms with Crippen LogP contribution in [0, 0.1) is 6.92 Å². The summed E-state index contributed by atoms with van der Waals surface area (Å²) >= 11 is 0. The van der Waals surface area contributed by atoms with Crippen LogP contribution in [0.4, 0.5) is 11.4 Å². The van der Waals surface area contributed by atoms with Gasteiger partial charge in [0.15, 0.2) is 0 Å². The van der Waals surface area contributed by atoms with Crippen molar-refractivity contribution in [2.45, 2.75) is 25.8 Å². The molecule has 0 radical (unpaired) electrons. The first-order valence-corrected chi connectivity index (χ1v) is 7.23. The highest BCUT2D eigenvalue weighted by Gasteiger charge is 2.17. The van der Waals surface area contributed by atoms with Crippen LogP contribution < -0.4 is 11.1 Å². The lowest BCUT2D eigenvalue weighted by atomic mass is 10.0. The molecule has 4 heteroatoms. The number of nitrogen functional groups attached to an aromatic ring is 1. The van der Waals surface area contributed by atoms with E-state index in [1.165, 1.54) is 23.9 Å². The fraction of sp³-hybridized carbons (Fsp3) is 0.438. The van der Waals surface area contributed by atoms with Crippen LogP contribution >= 0.6 is 0 Å². The Morgan fingerprint density at radius 2 is 2.00 bits per heavy atom. The Kier molecular flexibility index (Phi) is 3.49. The smallest absolute Gasteiger partial charge is 0.0424 e. The van der Waals surface area contributed by atoms with Crippen LogP contribution in [0.1, 0.15) is 18.5 Å². The summed E-state index contributed by atoms with van der Waals surface area (Å²) in [4.78, 5) is 6.73. The van der Waals surface area contributed by atoms with E-state index in [1.54, 1.807) is 0 Å². The van der Waals surface area contributed by atoms with Crippen molar-refractivity contribution >= 4 is 22.1 Å². The van der Waals surface area contributed by atoms with Crippen molar-refractivity contribution in [3.63, 3.8) is 0 Å². The van der Waals surface area contributed by atoms with Gasteiger partial charge in [-0.1, -0.05) is 0 Å². The summed E-state index contributed by atoms with van der Waals surface area (Å²) in [5, 5.41) is 5.90. The molecule has 3 rings (SSSR count). The Balaban J connectivity index is 1.91. The molecule has 3 N–H and O–H groups in total. The number of hydrogen-bond acceptors (Lipinski definition) is 4. The van der Waals surface area contributed by atoms with Gasteiger partial charge in [-0.25, -0.2) is 0 Å². The SMILES string of the molecule is Cc1cc2c(NC3CCN(C)CC3)ccc(N)c2cn1. The van der Waals surface area contributed by atoms with Crippen molar-refractivity contribution in [3.05, 3.63) is 30.1 Å². The lowest BCUT2D eigenvalue weighted by Gasteiger charge is -2.30. The molecule has 0 amide bonds. The Morgan fingerprint density at radius 3 is 2.75 bits per heavy atom. The molecule has 1 aliphatic heterocycles. The second kappa shape index (κ2) is 5.29. The number of rotatable bonds is 2. The van der Waals surface area contributed by atoms with Crippen LogP contribution in [0.5, 0.6) is 0 Å². The number of likely N-dealkylation sites (tertiary alicyclic amines) is 1. The number of nitrogens with one attached hydrogen (secondary N) is 1. The largest absolute Gasteiger partial charge is 0.398 e. The third-order valence-corrected chi connectivity index (χ3v) is 4.15. The lowest BCUT2D eigenvalue weighted by Crippen LogP contribution is -2.36. The van der Waals surface area contributed by atoms with Gasteiger partial charge in [0.25, 0.3) is 0 Å². The summed E-state index contributed by atoms with van der Waals surface area (Å²) in [6.45, 7) is 4.33. The Labute approximate surface area is 120 Å². The van der Waals surface area contributed by atoms with Crippen molar-refractivity contribution in [2.75, 3.05) is 31.2 Å². The molecule has 1 saturated heterocycles. The summed E-state index contributed by atoms with van der Waals surface area (Å²) in [7, 11) is 2.18. The topological polar surface area (TPSA) is 54.2 Å². The summed E-state index contributed by atoms with van der Waals surface area (Å²) in [6, 6.07) is 6.72. The highest BCUT2D eigenvalue weighted by atomic mass is 15.1. The molecule has 0 aliphatic carbocycles. The molecular formula is C16H22N4. The van der Waals surface area contributed by atoms with E-state index >= 15 is 0 Å². The van der Waals surface area contributed by atoms with E-state index in [1.807, 2.05) is 19.2 Å². The van der Waals surface area contributed by atoms with Gasteiger partial charge in [-0.05, 0) is 58.1 Å². The molecule has 106 valence electrons. The second-order valence-corrected chi connectivity index (χ2v) is 5.80. The summed E-state index contributed by atoms with van der Waals surface area (Å²) in [6.07, 6.45) is 4.25. The molecule has 1 aromatic heterocycles. The van der Waals surface area contributed by atoms with Crippen LogP contribution in [-0.2, 0) is 0 Å². The molecule has 0 atom stereocenters. The monoisotopic (exact) mass is 270 g/mol. The third-order valence-electron chi connectivity index (χ3n) is 4.15. The molecule has 1 aromatic carbocycles. The first kappa shape index (κ1) is 13.2. The summed E-state index contributed by atoms with van der Waals surface area (Å²) in [5.74, 6) is 0. The third kappa shape index (κ3) is 2.56. The molecule has 2 aromatic rings. The standard InChI is InChI=1S/C16H22N4/c1-11-9-13-14(10-18-11)15(17)3-4-16(13)19-12-5-7-20(2)8-6-12/h3-4,9-10,12,19H,5-8,17H2,1-2H3. The zero-order valence-corrected chi connectivity index (χ0v) is 12.2. The van der Waals surface area contributed by atoms with Gasteiger partial charge >= 0.3 is 0 Å². The lowest BCUT2D eigenvalue weighted by molar-refractivity contribution is 0.264. The molecular weight excluding hydrogens is 248 g/mol. The molecule has 1 aliphatic rings. The molecule has 20 heavy (non-hydrogen) atoms. The zero-order chi connectivity index (χ0) is 14.1. The Bertz CT molecular complexity index is 615. The maximum atomic E-state index is 6.05. The van der Waals surface area contributed by atoms with Crippen molar-refractivity contribution in [3.8, 4) is 0 Å². The van der Waals surface area contributed by atoms with E-state index in [-0.39, 0.29) is 0 Å². The molecule has 0 bridgehead atoms. The van der Waals surface area contributed by atoms with Gasteiger partial charge in [-0.15, -0.1) is 0 Å². The molecule has 4 nitrogen and oxygen atoms in total. The number of anilines is 2. The van der Waals surface area contributed by atoms with Crippen molar-refractivity contribution in [2.24, 2.45) is 0 Å². The van der Waals surface area contributed by atoms with Gasteiger partial charge in [0, 0.05) is 40.1 Å². The average molecular weight is 270 g/mol. The number of piperidine rings is 1. The van der Waals surface area contributed by atoms with E-state index in [0.717, 1.165) is 29.9 Å². The number of benzene rings is 1. The predicted molar refractivity (Wildman–Crippen MR) is 85.0 cm³/mol. The zero-order valence-electron chi connectivity index (χ0n) is 12.2. The van der Waals surface area contributed by atoms with Crippen molar-refractivity contribution < 1.29 is 0 Å². The maximum absolute atomic E-state index is 6.05. The summed E-state index contributed by atoms with van der Waals surface area (Å²) in [5.41, 5.74) is 9.04. The van der Waals surface area contributed by atoms with Crippen LogP contribution in [0.25, 0.3) is 10.8 Å². The highest BCUT2D eigenvalue weighted by molar-refractivity contribution is 6.00. The maximum Gasteiger partial charge on any atom is 0.0424 e. The highest BCUT2D eigenvalue weighted by Crippen LogP contribution is 2.29. The molecule has 0 unspecified atom stereocenters. The fourth-order valence-corrected chi connectivity index (χ4v) is 2.86. The number of hydrogen-bond donors (Lipinski definition) is 2. The number of nitrogens with zero attached hydrogens (tertiary/aromatic N) is 2. The number of aromatic nitrogens is 1. The van der Waals surface area contributed by atoms with Gasteiger partial charge in [-0.3, -0.25) is 4.98 Å². The van der Waals surface area contributed by atoms with E-state index in [4.69, 9.17) is 5.73 Å². The summed E-state index contributed by atoms with van der Waals surface area (Å²) < 4.78 is 0. The van der Waals surface area contributed by atoms with Crippen molar-refractivity contribution in [1.29, 1.82) is 0 Å². The normalized spacial score (nSPS) is 17.5. The minimum absolute atomic E-state index is 0.548. The van der Waals surface area contributed by atoms with E-state index in [9.17, 15) is 0 Å². The first-order chi connectivity index (χ1) is 9.63. The van der Waals surface area contributed by atoms with E-state index in [0.29, 0.717) is 6.04 Å². The minimum atomic E-state index is 0.548. The second-order valence-electron chi connectivity index (χ2n) is 5.80. The van der Waals surface area contributed by atoms with E-state index in [2.05, 4.69) is 34.4 Å². The van der Waals surface area contributed by atoms with Crippen LogP contribution in [-0.4, -0.2) is 36.1 Å². The molecule has 0 saturated carbocycles. The van der Waals surface area contributed by atoms with Gasteiger partial charge < -0.3 is 16.0 Å². The first-order valence-electron chi connectivity index (χ1n) is 7.23. The Morgan fingerprint density at radius 1 is 1.25 bits per heavy atom. The van der Waals surface area contributed by atoms with Gasteiger partial charge in [0.1, 0.15) is 0 Å². The van der Waals surface area contributed by atoms with Crippen LogP contribution in [0.2, 0.25) is 0 Å². The number of nitrogens with two attached hydrogens (primary N) is 1. The molecule has 1 fully saturated rings. The number of pyridine rings is 1. The minimum Gasteiger partial charge on any atom is -0.398 e. The van der Waals surface area contributed by atoms with Gasteiger partial charge in [0.2, 0.25) is 0 Å². The average Bonchev–Trinajstić information content (AvgIpc) is 2.44. The molecule has 2 heterocycles. The van der Waals surface area contributed by atoms with Crippen molar-refractivity contribution in [1.82, 2.24) is 9.88 Å². The van der Waals surface area contributed by atoms with E-state index < -0.39 is 0 Å². The van der Waals surface area contributed by atoms with Gasteiger partial charge in [0.05, 0.1) is 0 Å².